The Hall–Kier alpha value is -1.80. The second kappa shape index (κ2) is 8.00. The molecular weight excluding hydrogens is 323 g/mol. The van der Waals surface area contributed by atoms with E-state index in [9.17, 15) is 22.8 Å². The number of carbonyl (C=O) groups excluding carboxylic acids is 2. The lowest BCUT2D eigenvalue weighted by atomic mass is 10.1. The smallest absolute Gasteiger partial charge is 0.243 e. The maximum absolute atomic E-state index is 13.3. The van der Waals surface area contributed by atoms with Crippen LogP contribution in [0.15, 0.2) is 12.1 Å². The molecule has 1 saturated heterocycles. The van der Waals surface area contributed by atoms with Crippen molar-refractivity contribution in [2.75, 3.05) is 25.0 Å². The molecule has 2 rings (SSSR count). The first-order valence-corrected chi connectivity index (χ1v) is 6.41. The zero-order chi connectivity index (χ0) is 15.4. The van der Waals surface area contributed by atoms with Crippen LogP contribution < -0.4 is 16.0 Å². The van der Waals surface area contributed by atoms with Gasteiger partial charge in [-0.15, -0.1) is 12.4 Å². The number of halogens is 4. The van der Waals surface area contributed by atoms with Crippen LogP contribution in [0, 0.1) is 23.4 Å². The number of rotatable bonds is 4. The molecule has 1 aromatic rings. The molecule has 0 bridgehead atoms. The number of benzene rings is 1. The molecule has 1 unspecified atom stereocenters. The van der Waals surface area contributed by atoms with Crippen LogP contribution in [0.4, 0.5) is 18.9 Å². The van der Waals surface area contributed by atoms with Gasteiger partial charge in [-0.3, -0.25) is 9.59 Å². The minimum absolute atomic E-state index is 0. The topological polar surface area (TPSA) is 70.2 Å². The number of carbonyl (C=O) groups is 2. The van der Waals surface area contributed by atoms with E-state index in [2.05, 4.69) is 16.0 Å². The Morgan fingerprint density at radius 3 is 2.59 bits per heavy atom. The molecule has 2 amide bonds. The third-order valence-electron chi connectivity index (χ3n) is 3.16. The van der Waals surface area contributed by atoms with E-state index >= 15 is 0 Å². The average molecular weight is 338 g/mol. The van der Waals surface area contributed by atoms with E-state index in [1.807, 2.05) is 0 Å². The number of amides is 2. The summed E-state index contributed by atoms with van der Waals surface area (Å²) in [6.45, 7) is 0.920. The molecule has 3 N–H and O–H groups in total. The van der Waals surface area contributed by atoms with Crippen LogP contribution in [0.25, 0.3) is 0 Å². The van der Waals surface area contributed by atoms with Gasteiger partial charge in [-0.25, -0.2) is 13.2 Å². The summed E-state index contributed by atoms with van der Waals surface area (Å²) < 4.78 is 39.1. The van der Waals surface area contributed by atoms with Crippen molar-refractivity contribution in [1.29, 1.82) is 0 Å². The minimum atomic E-state index is -1.66. The first-order chi connectivity index (χ1) is 9.99. The fourth-order valence-corrected chi connectivity index (χ4v) is 2.01. The van der Waals surface area contributed by atoms with E-state index < -0.39 is 29.0 Å². The van der Waals surface area contributed by atoms with Crippen molar-refractivity contribution in [2.24, 2.45) is 5.92 Å². The molecule has 1 aromatic carbocycles. The summed E-state index contributed by atoms with van der Waals surface area (Å²) in [4.78, 5) is 23.2. The van der Waals surface area contributed by atoms with Gasteiger partial charge >= 0.3 is 0 Å². The van der Waals surface area contributed by atoms with Gasteiger partial charge in [0.15, 0.2) is 17.5 Å². The third-order valence-corrected chi connectivity index (χ3v) is 3.16. The monoisotopic (exact) mass is 337 g/mol. The molecule has 0 aromatic heterocycles. The lowest BCUT2D eigenvalue weighted by Crippen LogP contribution is -2.37. The predicted molar refractivity (Wildman–Crippen MR) is 76.2 cm³/mol. The van der Waals surface area contributed by atoms with Gasteiger partial charge in [-0.1, -0.05) is 0 Å². The SMILES string of the molecule is Cl.O=C(CNC(=O)C1CCNC1)Nc1ccc(F)c(F)c1F. The molecular formula is C13H15ClF3N3O2. The molecule has 0 aliphatic carbocycles. The van der Waals surface area contributed by atoms with Gasteiger partial charge in [-0.05, 0) is 25.1 Å². The second-order valence-electron chi connectivity index (χ2n) is 4.68. The van der Waals surface area contributed by atoms with E-state index in [1.165, 1.54) is 0 Å². The van der Waals surface area contributed by atoms with Crippen molar-refractivity contribution in [1.82, 2.24) is 10.6 Å². The van der Waals surface area contributed by atoms with E-state index in [-0.39, 0.29) is 30.8 Å². The van der Waals surface area contributed by atoms with E-state index in [1.54, 1.807) is 0 Å². The molecule has 1 heterocycles. The summed E-state index contributed by atoms with van der Waals surface area (Å²) >= 11 is 0. The summed E-state index contributed by atoms with van der Waals surface area (Å²) in [5.74, 6) is -5.67. The highest BCUT2D eigenvalue weighted by Crippen LogP contribution is 2.19. The van der Waals surface area contributed by atoms with Crippen LogP contribution in [-0.2, 0) is 9.59 Å². The number of anilines is 1. The fraction of sp³-hybridized carbons (Fsp3) is 0.385. The largest absolute Gasteiger partial charge is 0.347 e. The molecule has 0 radical (unpaired) electrons. The van der Waals surface area contributed by atoms with Gasteiger partial charge < -0.3 is 16.0 Å². The lowest BCUT2D eigenvalue weighted by molar-refractivity contribution is -0.126. The number of hydrogen-bond acceptors (Lipinski definition) is 3. The van der Waals surface area contributed by atoms with E-state index in [0.29, 0.717) is 19.0 Å². The quantitative estimate of drug-likeness (QED) is 0.723. The van der Waals surface area contributed by atoms with Crippen LogP contribution in [0.1, 0.15) is 6.42 Å². The minimum Gasteiger partial charge on any atom is -0.347 e. The Kier molecular flexibility index (Phi) is 6.63. The first kappa shape index (κ1) is 18.2. The van der Waals surface area contributed by atoms with Crippen molar-refractivity contribution in [3.63, 3.8) is 0 Å². The van der Waals surface area contributed by atoms with Gasteiger partial charge in [0, 0.05) is 6.54 Å². The predicted octanol–water partition coefficient (Wildman–Crippen LogP) is 1.19. The Morgan fingerprint density at radius 2 is 1.95 bits per heavy atom. The Morgan fingerprint density at radius 1 is 1.23 bits per heavy atom. The van der Waals surface area contributed by atoms with Crippen LogP contribution in [0.2, 0.25) is 0 Å². The second-order valence-corrected chi connectivity index (χ2v) is 4.68. The maximum atomic E-state index is 13.3. The molecule has 122 valence electrons. The molecule has 22 heavy (non-hydrogen) atoms. The van der Waals surface area contributed by atoms with Gasteiger partial charge in [-0.2, -0.15) is 0 Å². The molecule has 1 aliphatic rings. The van der Waals surface area contributed by atoms with Crippen LogP contribution in [-0.4, -0.2) is 31.4 Å². The van der Waals surface area contributed by atoms with Crippen molar-refractivity contribution in [3.05, 3.63) is 29.6 Å². The standard InChI is InChI=1S/C13H14F3N3O2.ClH/c14-8-1-2-9(12(16)11(8)15)19-10(20)6-18-13(21)7-3-4-17-5-7;/h1-2,7,17H,3-6H2,(H,18,21)(H,19,20);1H. The van der Waals surface area contributed by atoms with E-state index in [4.69, 9.17) is 0 Å². The first-order valence-electron chi connectivity index (χ1n) is 6.41. The zero-order valence-corrected chi connectivity index (χ0v) is 12.2. The Labute approximate surface area is 131 Å². The molecule has 0 spiro atoms. The molecule has 0 saturated carbocycles. The summed E-state index contributed by atoms with van der Waals surface area (Å²) in [7, 11) is 0. The Balaban J connectivity index is 0.00000242. The van der Waals surface area contributed by atoms with Crippen molar-refractivity contribution < 1.29 is 22.8 Å². The summed E-state index contributed by atoms with van der Waals surface area (Å²) in [6.07, 6.45) is 0.686. The van der Waals surface area contributed by atoms with Gasteiger partial charge in [0.05, 0.1) is 18.2 Å². The lowest BCUT2D eigenvalue weighted by Gasteiger charge is -2.11. The number of nitrogens with one attached hydrogen (secondary N) is 3. The highest BCUT2D eigenvalue weighted by Gasteiger charge is 2.22. The molecule has 1 fully saturated rings. The maximum Gasteiger partial charge on any atom is 0.243 e. The van der Waals surface area contributed by atoms with Crippen molar-refractivity contribution >= 4 is 29.9 Å². The van der Waals surface area contributed by atoms with Gasteiger partial charge in [0.1, 0.15) is 0 Å². The summed E-state index contributed by atoms with van der Waals surface area (Å²) in [5, 5.41) is 7.49. The fourth-order valence-electron chi connectivity index (χ4n) is 2.01. The third kappa shape index (κ3) is 4.35. The van der Waals surface area contributed by atoms with Crippen molar-refractivity contribution in [2.45, 2.75) is 6.42 Å². The number of hydrogen-bond donors (Lipinski definition) is 3. The van der Waals surface area contributed by atoms with Crippen molar-refractivity contribution in [3.8, 4) is 0 Å². The van der Waals surface area contributed by atoms with Crippen LogP contribution in [0.5, 0.6) is 0 Å². The molecule has 1 atom stereocenters. The molecule has 9 heteroatoms. The highest BCUT2D eigenvalue weighted by atomic mass is 35.5. The molecule has 1 aliphatic heterocycles. The Bertz CT molecular complexity index is 566. The highest BCUT2D eigenvalue weighted by molar-refractivity contribution is 5.94. The van der Waals surface area contributed by atoms with Crippen LogP contribution >= 0.6 is 12.4 Å². The summed E-state index contributed by atoms with van der Waals surface area (Å²) in [6, 6.07) is 1.62. The average Bonchev–Trinajstić information content (AvgIpc) is 3.00. The normalized spacial score (nSPS) is 16.8. The van der Waals surface area contributed by atoms with Crippen LogP contribution in [0.3, 0.4) is 0 Å². The van der Waals surface area contributed by atoms with Gasteiger partial charge in [0.25, 0.3) is 0 Å². The van der Waals surface area contributed by atoms with E-state index in [0.717, 1.165) is 12.6 Å². The summed E-state index contributed by atoms with van der Waals surface area (Å²) in [5.41, 5.74) is -0.476. The molecule has 5 nitrogen and oxygen atoms in total. The zero-order valence-electron chi connectivity index (χ0n) is 11.4. The van der Waals surface area contributed by atoms with Gasteiger partial charge in [0.2, 0.25) is 11.8 Å².